The molecule has 3 aliphatic heterocycles. The van der Waals surface area contributed by atoms with E-state index < -0.39 is 0 Å². The summed E-state index contributed by atoms with van der Waals surface area (Å²) < 4.78 is 7.58. The fourth-order valence-corrected chi connectivity index (χ4v) is 4.75. The lowest BCUT2D eigenvalue weighted by Crippen LogP contribution is -2.37. The number of hydrogen-bond donors (Lipinski definition) is 2. The van der Waals surface area contributed by atoms with Gasteiger partial charge in [-0.15, -0.1) is 0 Å². The van der Waals surface area contributed by atoms with Crippen LogP contribution in [0.1, 0.15) is 35.3 Å². The van der Waals surface area contributed by atoms with Crippen LogP contribution in [0.2, 0.25) is 0 Å². The lowest BCUT2D eigenvalue weighted by atomic mass is 10.0. The monoisotopic (exact) mass is 420 g/mol. The van der Waals surface area contributed by atoms with Crippen LogP contribution in [0.5, 0.6) is 0 Å². The molecular formula is C23H28N6O2. The molecule has 0 unspecified atom stereocenters. The molecule has 1 amide bonds. The molecule has 5 rings (SSSR count). The first-order valence-corrected chi connectivity index (χ1v) is 10.8. The second kappa shape index (κ2) is 7.85. The zero-order chi connectivity index (χ0) is 21.5. The van der Waals surface area contributed by atoms with Crippen LogP contribution in [0.4, 0.5) is 11.5 Å². The first-order chi connectivity index (χ1) is 15.1. The summed E-state index contributed by atoms with van der Waals surface area (Å²) in [6.07, 6.45) is 4.98. The topological polar surface area (TPSA) is 86.5 Å². The van der Waals surface area contributed by atoms with Crippen LogP contribution in [0.15, 0.2) is 24.4 Å². The predicted octanol–water partition coefficient (Wildman–Crippen LogP) is 2.26. The van der Waals surface area contributed by atoms with Crippen LogP contribution in [0, 0.1) is 5.41 Å². The van der Waals surface area contributed by atoms with E-state index in [1.165, 1.54) is 23.0 Å². The van der Waals surface area contributed by atoms with Gasteiger partial charge in [-0.25, -0.2) is 0 Å². The summed E-state index contributed by atoms with van der Waals surface area (Å²) in [5.41, 5.74) is 6.72. The minimum atomic E-state index is 0.110. The van der Waals surface area contributed by atoms with E-state index in [1.807, 2.05) is 18.1 Å². The van der Waals surface area contributed by atoms with E-state index in [9.17, 15) is 4.79 Å². The Bertz CT molecular complexity index is 1070. The number of nitrogens with zero attached hydrogens (tertiary/aromatic N) is 4. The van der Waals surface area contributed by atoms with Crippen LogP contribution in [-0.2, 0) is 28.9 Å². The number of ether oxygens (including phenoxy) is 1. The number of carbonyl (C=O) groups is 1. The van der Waals surface area contributed by atoms with E-state index in [0.717, 1.165) is 48.6 Å². The highest BCUT2D eigenvalue weighted by Crippen LogP contribution is 2.40. The summed E-state index contributed by atoms with van der Waals surface area (Å²) in [5.74, 6) is 1.08. The highest BCUT2D eigenvalue weighted by molar-refractivity contribution is 6.08. The fraction of sp³-hybridized carbons (Fsp3) is 0.435. The van der Waals surface area contributed by atoms with Crippen molar-refractivity contribution in [2.24, 2.45) is 0 Å². The van der Waals surface area contributed by atoms with Gasteiger partial charge in [0.2, 0.25) is 5.91 Å². The molecule has 0 bridgehead atoms. The molecule has 8 heteroatoms. The minimum absolute atomic E-state index is 0.110. The molecule has 1 saturated heterocycles. The molecule has 1 aromatic heterocycles. The largest absolute Gasteiger partial charge is 0.393 e. The third kappa shape index (κ3) is 3.31. The average molecular weight is 421 g/mol. The van der Waals surface area contributed by atoms with Gasteiger partial charge in [-0.2, -0.15) is 5.10 Å². The van der Waals surface area contributed by atoms with Gasteiger partial charge in [-0.05, 0) is 29.7 Å². The molecule has 0 atom stereocenters. The maximum absolute atomic E-state index is 12.1. The minimum Gasteiger partial charge on any atom is -0.393 e. The normalized spacial score (nSPS) is 18.5. The second-order valence-electron chi connectivity index (χ2n) is 8.35. The van der Waals surface area contributed by atoms with Crippen molar-refractivity contribution in [3.8, 4) is 0 Å². The van der Waals surface area contributed by atoms with Crippen LogP contribution >= 0.6 is 0 Å². The van der Waals surface area contributed by atoms with Gasteiger partial charge in [-0.1, -0.05) is 6.07 Å². The van der Waals surface area contributed by atoms with Crippen LogP contribution in [0.3, 0.4) is 0 Å². The molecule has 0 saturated carbocycles. The Morgan fingerprint density at radius 3 is 2.81 bits per heavy atom. The molecule has 8 nitrogen and oxygen atoms in total. The summed E-state index contributed by atoms with van der Waals surface area (Å²) in [6, 6.07) is 6.66. The Morgan fingerprint density at radius 1 is 1.29 bits per heavy atom. The van der Waals surface area contributed by atoms with Crippen LogP contribution < -0.4 is 10.2 Å². The van der Waals surface area contributed by atoms with Gasteiger partial charge in [0.25, 0.3) is 0 Å². The van der Waals surface area contributed by atoms with Gasteiger partial charge in [0, 0.05) is 68.4 Å². The van der Waals surface area contributed by atoms with Gasteiger partial charge < -0.3 is 25.3 Å². The Balaban J connectivity index is 1.53. The van der Waals surface area contributed by atoms with Crippen molar-refractivity contribution in [3.63, 3.8) is 0 Å². The predicted molar refractivity (Wildman–Crippen MR) is 120 cm³/mol. The lowest BCUT2D eigenvalue weighted by molar-refractivity contribution is -0.129. The number of aromatic nitrogens is 2. The van der Waals surface area contributed by atoms with Crippen LogP contribution in [0.25, 0.3) is 5.57 Å². The van der Waals surface area contributed by atoms with Gasteiger partial charge in [0.05, 0.1) is 25.8 Å². The Hall–Kier alpha value is -3.13. The van der Waals surface area contributed by atoms with Crippen molar-refractivity contribution in [3.05, 3.63) is 46.8 Å². The van der Waals surface area contributed by atoms with Crippen molar-refractivity contribution >= 4 is 29.2 Å². The zero-order valence-corrected chi connectivity index (χ0v) is 18.0. The van der Waals surface area contributed by atoms with E-state index in [-0.39, 0.29) is 11.9 Å². The quantitative estimate of drug-likeness (QED) is 0.725. The maximum Gasteiger partial charge on any atom is 0.219 e. The molecular weight excluding hydrogens is 392 g/mol. The summed E-state index contributed by atoms with van der Waals surface area (Å²) in [6.45, 7) is 5.26. The maximum atomic E-state index is 12.1. The van der Waals surface area contributed by atoms with Crippen molar-refractivity contribution < 1.29 is 9.53 Å². The van der Waals surface area contributed by atoms with Gasteiger partial charge in [0.1, 0.15) is 0 Å². The first-order valence-electron chi connectivity index (χ1n) is 10.8. The van der Waals surface area contributed by atoms with Crippen LogP contribution in [-0.4, -0.2) is 60.2 Å². The smallest absolute Gasteiger partial charge is 0.219 e. The third-order valence-electron chi connectivity index (χ3n) is 6.50. The number of fused-ring (bicyclic) bond motifs is 2. The SMILES string of the molecule is CN/C=C(\C=N)c1ccc2c(c1)CCN2c1nn(C2COC2)c2c1CN(C(C)=O)CC2. The molecule has 0 aliphatic carbocycles. The highest BCUT2D eigenvalue weighted by Gasteiger charge is 2.35. The Labute approximate surface area is 182 Å². The number of anilines is 2. The lowest BCUT2D eigenvalue weighted by Gasteiger charge is -2.31. The Kier molecular flexibility index (Phi) is 5.02. The molecule has 0 radical (unpaired) electrons. The molecule has 162 valence electrons. The van der Waals surface area contributed by atoms with Gasteiger partial charge in [0.15, 0.2) is 5.82 Å². The standard InChI is InChI=1S/C23H28N6O2/c1-15(30)27-7-6-22-20(12-27)23(26-29(22)19-13-31-14-19)28-8-5-17-9-16(3-4-21(17)28)18(10-24)11-25-2/h3-4,9-11,19,24-25H,5-8,12-14H2,1-2H3/b18-11+,24-10?. The number of carbonyl (C=O) groups excluding carboxylic acids is 1. The molecule has 4 heterocycles. The summed E-state index contributed by atoms with van der Waals surface area (Å²) in [5, 5.41) is 15.8. The first kappa shape index (κ1) is 19.8. The van der Waals surface area contributed by atoms with E-state index in [1.54, 1.807) is 6.92 Å². The second-order valence-corrected chi connectivity index (χ2v) is 8.35. The van der Waals surface area contributed by atoms with E-state index in [4.69, 9.17) is 15.2 Å². The number of amides is 1. The molecule has 1 aromatic carbocycles. The van der Waals surface area contributed by atoms with Crippen molar-refractivity contribution in [2.75, 3.05) is 38.3 Å². The van der Waals surface area contributed by atoms with Crippen molar-refractivity contribution in [1.82, 2.24) is 20.0 Å². The van der Waals surface area contributed by atoms with Crippen molar-refractivity contribution in [2.45, 2.75) is 32.4 Å². The van der Waals surface area contributed by atoms with Crippen molar-refractivity contribution in [1.29, 1.82) is 5.41 Å². The van der Waals surface area contributed by atoms with Gasteiger partial charge >= 0.3 is 0 Å². The molecule has 1 fully saturated rings. The molecule has 2 N–H and O–H groups in total. The molecule has 31 heavy (non-hydrogen) atoms. The van der Waals surface area contributed by atoms with E-state index >= 15 is 0 Å². The summed E-state index contributed by atoms with van der Waals surface area (Å²) >= 11 is 0. The van der Waals surface area contributed by atoms with E-state index in [0.29, 0.717) is 19.8 Å². The number of rotatable bonds is 5. The molecule has 0 spiro atoms. The number of hydrogen-bond acceptors (Lipinski definition) is 6. The van der Waals surface area contributed by atoms with E-state index in [2.05, 4.69) is 33.1 Å². The molecule has 3 aliphatic rings. The zero-order valence-electron chi connectivity index (χ0n) is 18.0. The fourth-order valence-electron chi connectivity index (χ4n) is 4.75. The Morgan fingerprint density at radius 2 is 2.13 bits per heavy atom. The molecule has 2 aromatic rings. The average Bonchev–Trinajstić information content (AvgIpc) is 3.31. The third-order valence-corrected chi connectivity index (χ3v) is 6.50. The highest BCUT2D eigenvalue weighted by atomic mass is 16.5. The summed E-state index contributed by atoms with van der Waals surface area (Å²) in [7, 11) is 1.84. The van der Waals surface area contributed by atoms with Gasteiger partial charge in [-0.3, -0.25) is 9.48 Å². The number of benzene rings is 1. The summed E-state index contributed by atoms with van der Waals surface area (Å²) in [4.78, 5) is 16.3. The number of allylic oxidation sites excluding steroid dienone is 1. The number of nitrogens with one attached hydrogen (secondary N) is 2.